The topological polar surface area (TPSA) is 49.8 Å². The van der Waals surface area contributed by atoms with Crippen molar-refractivity contribution in [2.24, 2.45) is 5.73 Å². The Bertz CT molecular complexity index is 288. The smallest absolute Gasteiger partial charge is 0.110 e. The van der Waals surface area contributed by atoms with E-state index in [1.807, 2.05) is 19.9 Å². The second-order valence-corrected chi connectivity index (χ2v) is 4.08. The molecular weight excluding hydrogens is 156 g/mol. The van der Waals surface area contributed by atoms with E-state index in [-0.39, 0.29) is 5.54 Å². The van der Waals surface area contributed by atoms with E-state index in [2.05, 4.69) is 6.07 Å². The third kappa shape index (κ3) is 1.79. The normalized spacial score (nSPS) is 11.1. The summed E-state index contributed by atoms with van der Waals surface area (Å²) in [4.78, 5) is 1.77. The molecule has 0 unspecified atom stereocenters. The fraction of sp³-hybridized carbons (Fsp3) is 0.375. The van der Waals surface area contributed by atoms with Crippen LogP contribution in [-0.4, -0.2) is 0 Å². The molecule has 1 aromatic rings. The highest BCUT2D eigenvalue weighted by Gasteiger charge is 2.15. The summed E-state index contributed by atoms with van der Waals surface area (Å²) in [6.07, 6.45) is 0. The Balaban J connectivity index is 3.01. The molecule has 0 aliphatic carbocycles. The highest BCUT2D eigenvalue weighted by molar-refractivity contribution is 7.12. The molecule has 0 saturated carbocycles. The Labute approximate surface area is 70.3 Å². The van der Waals surface area contributed by atoms with Gasteiger partial charge in [0.1, 0.15) is 10.9 Å². The van der Waals surface area contributed by atoms with Crippen molar-refractivity contribution < 1.29 is 0 Å². The van der Waals surface area contributed by atoms with Gasteiger partial charge in [0.25, 0.3) is 0 Å². The lowest BCUT2D eigenvalue weighted by Gasteiger charge is -2.15. The maximum Gasteiger partial charge on any atom is 0.110 e. The minimum atomic E-state index is -0.320. The lowest BCUT2D eigenvalue weighted by atomic mass is 10.1. The molecule has 0 aliphatic rings. The van der Waals surface area contributed by atoms with Gasteiger partial charge in [-0.15, -0.1) is 11.3 Å². The Hall–Kier alpha value is -0.850. The van der Waals surface area contributed by atoms with Crippen molar-refractivity contribution in [2.45, 2.75) is 19.4 Å². The molecule has 0 amide bonds. The fourth-order valence-corrected chi connectivity index (χ4v) is 1.56. The molecule has 1 rings (SSSR count). The molecule has 0 radical (unpaired) electrons. The Morgan fingerprint density at radius 1 is 1.55 bits per heavy atom. The third-order valence-corrected chi connectivity index (χ3v) is 2.68. The van der Waals surface area contributed by atoms with Crippen molar-refractivity contribution in [1.29, 1.82) is 5.26 Å². The van der Waals surface area contributed by atoms with Crippen LogP contribution in [0.15, 0.2) is 12.1 Å². The minimum absolute atomic E-state index is 0.320. The van der Waals surface area contributed by atoms with Crippen LogP contribution in [0.3, 0.4) is 0 Å². The number of rotatable bonds is 1. The van der Waals surface area contributed by atoms with Crippen LogP contribution in [0, 0.1) is 11.3 Å². The highest BCUT2D eigenvalue weighted by Crippen LogP contribution is 2.24. The fourth-order valence-electron chi connectivity index (χ4n) is 0.744. The zero-order valence-electron chi connectivity index (χ0n) is 6.59. The Morgan fingerprint density at radius 3 is 2.45 bits per heavy atom. The van der Waals surface area contributed by atoms with Crippen molar-refractivity contribution in [3.05, 3.63) is 21.9 Å². The average Bonchev–Trinajstić information content (AvgIpc) is 2.32. The first-order valence-corrected chi connectivity index (χ1v) is 4.15. The van der Waals surface area contributed by atoms with Crippen LogP contribution in [0.25, 0.3) is 0 Å². The van der Waals surface area contributed by atoms with E-state index in [0.29, 0.717) is 0 Å². The minimum Gasteiger partial charge on any atom is -0.321 e. The first-order valence-electron chi connectivity index (χ1n) is 3.33. The summed E-state index contributed by atoms with van der Waals surface area (Å²) >= 11 is 1.45. The van der Waals surface area contributed by atoms with Gasteiger partial charge in [0.2, 0.25) is 0 Å². The van der Waals surface area contributed by atoms with E-state index >= 15 is 0 Å². The van der Waals surface area contributed by atoms with Crippen LogP contribution in [0.1, 0.15) is 23.6 Å². The summed E-state index contributed by atoms with van der Waals surface area (Å²) in [5, 5.41) is 8.54. The van der Waals surface area contributed by atoms with Gasteiger partial charge >= 0.3 is 0 Å². The molecular formula is C8H10N2S. The monoisotopic (exact) mass is 166 g/mol. The van der Waals surface area contributed by atoms with Gasteiger partial charge in [0, 0.05) is 10.4 Å². The van der Waals surface area contributed by atoms with Crippen molar-refractivity contribution in [3.8, 4) is 6.07 Å². The van der Waals surface area contributed by atoms with Crippen LogP contribution >= 0.6 is 11.3 Å². The Kier molecular flexibility index (Phi) is 1.99. The first kappa shape index (κ1) is 8.25. The van der Waals surface area contributed by atoms with Gasteiger partial charge < -0.3 is 5.73 Å². The van der Waals surface area contributed by atoms with E-state index in [9.17, 15) is 0 Å². The number of hydrogen-bond acceptors (Lipinski definition) is 3. The Morgan fingerprint density at radius 2 is 2.18 bits per heavy atom. The van der Waals surface area contributed by atoms with E-state index in [1.165, 1.54) is 11.3 Å². The molecule has 0 aromatic carbocycles. The molecule has 58 valence electrons. The second-order valence-electron chi connectivity index (χ2n) is 3.00. The molecule has 2 N–H and O–H groups in total. The van der Waals surface area contributed by atoms with E-state index in [4.69, 9.17) is 11.0 Å². The van der Waals surface area contributed by atoms with Gasteiger partial charge in [-0.25, -0.2) is 0 Å². The SMILES string of the molecule is CC(C)(N)c1ccc(C#N)s1. The molecule has 0 saturated heterocycles. The number of nitrogens with zero attached hydrogens (tertiary/aromatic N) is 1. The zero-order chi connectivity index (χ0) is 8.48. The van der Waals surface area contributed by atoms with Gasteiger partial charge in [0.05, 0.1) is 0 Å². The molecule has 11 heavy (non-hydrogen) atoms. The average molecular weight is 166 g/mol. The van der Waals surface area contributed by atoms with Crippen LogP contribution in [0.2, 0.25) is 0 Å². The van der Waals surface area contributed by atoms with E-state index in [1.54, 1.807) is 6.07 Å². The number of thiophene rings is 1. The summed E-state index contributed by atoms with van der Waals surface area (Å²) in [5.74, 6) is 0. The predicted octanol–water partition coefficient (Wildman–Crippen LogP) is 1.81. The van der Waals surface area contributed by atoms with Gasteiger partial charge in [-0.1, -0.05) is 0 Å². The lowest BCUT2D eigenvalue weighted by molar-refractivity contribution is 0.567. The maximum atomic E-state index is 8.54. The van der Waals surface area contributed by atoms with Gasteiger partial charge in [0.15, 0.2) is 0 Å². The lowest BCUT2D eigenvalue weighted by Crippen LogP contribution is -2.27. The van der Waals surface area contributed by atoms with Crippen molar-refractivity contribution in [3.63, 3.8) is 0 Å². The van der Waals surface area contributed by atoms with E-state index < -0.39 is 0 Å². The largest absolute Gasteiger partial charge is 0.321 e. The molecule has 2 nitrogen and oxygen atoms in total. The van der Waals surface area contributed by atoms with Crippen LogP contribution in [0.5, 0.6) is 0 Å². The van der Waals surface area contributed by atoms with Crippen LogP contribution in [0.4, 0.5) is 0 Å². The van der Waals surface area contributed by atoms with Crippen LogP contribution in [-0.2, 0) is 5.54 Å². The highest BCUT2D eigenvalue weighted by atomic mass is 32.1. The van der Waals surface area contributed by atoms with Gasteiger partial charge in [-0.3, -0.25) is 0 Å². The molecule has 0 fully saturated rings. The third-order valence-electron chi connectivity index (χ3n) is 1.35. The van der Waals surface area contributed by atoms with Gasteiger partial charge in [-0.05, 0) is 26.0 Å². The first-order chi connectivity index (χ1) is 5.04. The molecule has 1 aromatic heterocycles. The number of hydrogen-bond donors (Lipinski definition) is 1. The van der Waals surface area contributed by atoms with Crippen molar-refractivity contribution >= 4 is 11.3 Å². The van der Waals surface area contributed by atoms with Crippen molar-refractivity contribution in [2.75, 3.05) is 0 Å². The van der Waals surface area contributed by atoms with Gasteiger partial charge in [-0.2, -0.15) is 5.26 Å². The van der Waals surface area contributed by atoms with E-state index in [0.717, 1.165) is 9.75 Å². The summed E-state index contributed by atoms with van der Waals surface area (Å²) in [6.45, 7) is 3.86. The molecule has 3 heteroatoms. The molecule has 0 aliphatic heterocycles. The number of nitrogens with two attached hydrogens (primary N) is 1. The maximum absolute atomic E-state index is 8.54. The number of nitriles is 1. The summed E-state index contributed by atoms with van der Waals surface area (Å²) < 4.78 is 0. The molecule has 0 spiro atoms. The standard InChI is InChI=1S/C8H10N2S/c1-8(2,10)7-4-3-6(5-9)11-7/h3-4H,10H2,1-2H3. The quantitative estimate of drug-likeness (QED) is 0.691. The summed E-state index contributed by atoms with van der Waals surface area (Å²) in [7, 11) is 0. The molecule has 0 bridgehead atoms. The predicted molar refractivity (Wildman–Crippen MR) is 46.2 cm³/mol. The second kappa shape index (κ2) is 2.65. The summed E-state index contributed by atoms with van der Waals surface area (Å²) in [5.41, 5.74) is 5.51. The zero-order valence-corrected chi connectivity index (χ0v) is 7.40. The molecule has 0 atom stereocenters. The summed E-state index contributed by atoms with van der Waals surface area (Å²) in [6, 6.07) is 5.79. The van der Waals surface area contributed by atoms with Crippen LogP contribution < -0.4 is 5.73 Å². The molecule has 1 heterocycles. The van der Waals surface area contributed by atoms with Crippen molar-refractivity contribution in [1.82, 2.24) is 0 Å².